The van der Waals surface area contributed by atoms with E-state index in [0.717, 1.165) is 6.54 Å². The van der Waals surface area contributed by atoms with E-state index < -0.39 is 0 Å². The summed E-state index contributed by atoms with van der Waals surface area (Å²) >= 11 is 0. The Morgan fingerprint density at radius 3 is 2.00 bits per heavy atom. The van der Waals surface area contributed by atoms with Crippen LogP contribution in [0.25, 0.3) is 0 Å². The van der Waals surface area contributed by atoms with Crippen molar-refractivity contribution >= 4 is 24.8 Å². The molecular weight excluding hydrogens is 183 g/mol. The number of hydrogen-bond donors (Lipinski definition) is 2. The van der Waals surface area contributed by atoms with Crippen molar-refractivity contribution in [3.63, 3.8) is 0 Å². The number of nitrogens with two attached hydrogens (primary N) is 2. The van der Waals surface area contributed by atoms with Gasteiger partial charge < -0.3 is 11.5 Å². The molecule has 0 aromatic carbocycles. The summed E-state index contributed by atoms with van der Waals surface area (Å²) in [6, 6.07) is 0.392. The Bertz CT molecular complexity index is 90.5. The van der Waals surface area contributed by atoms with Gasteiger partial charge in [-0.2, -0.15) is 0 Å². The summed E-state index contributed by atoms with van der Waals surface area (Å²) in [6.45, 7) is 0.779. The molecule has 2 atom stereocenters. The summed E-state index contributed by atoms with van der Waals surface area (Å²) in [5.41, 5.74) is 11.3. The normalized spacial score (nSPS) is 30.0. The van der Waals surface area contributed by atoms with Crippen LogP contribution in [-0.2, 0) is 0 Å². The molecule has 0 aliphatic heterocycles. The first-order chi connectivity index (χ1) is 4.34. The smallest absolute Gasteiger partial charge is 0.00792 e. The highest BCUT2D eigenvalue weighted by Gasteiger charge is 2.19. The van der Waals surface area contributed by atoms with E-state index in [1.807, 2.05) is 0 Å². The van der Waals surface area contributed by atoms with E-state index >= 15 is 0 Å². The summed E-state index contributed by atoms with van der Waals surface area (Å²) in [4.78, 5) is 0. The van der Waals surface area contributed by atoms with Crippen molar-refractivity contribution in [3.8, 4) is 0 Å². The molecule has 0 saturated heterocycles. The Hall–Kier alpha value is 0.500. The van der Waals surface area contributed by atoms with Crippen LogP contribution in [0.1, 0.15) is 25.7 Å². The van der Waals surface area contributed by atoms with Crippen LogP contribution in [0.5, 0.6) is 0 Å². The van der Waals surface area contributed by atoms with Crippen molar-refractivity contribution in [2.45, 2.75) is 31.7 Å². The highest BCUT2D eigenvalue weighted by molar-refractivity contribution is 5.85. The number of rotatable bonds is 1. The molecule has 1 aliphatic carbocycles. The van der Waals surface area contributed by atoms with Crippen LogP contribution in [0.4, 0.5) is 0 Å². The maximum absolute atomic E-state index is 5.81. The molecule has 1 saturated carbocycles. The van der Waals surface area contributed by atoms with Gasteiger partial charge in [0, 0.05) is 6.04 Å². The largest absolute Gasteiger partial charge is 0.330 e. The maximum Gasteiger partial charge on any atom is 0.00792 e. The first kappa shape index (κ1) is 14.0. The molecule has 11 heavy (non-hydrogen) atoms. The lowest BCUT2D eigenvalue weighted by molar-refractivity contribution is 0.315. The van der Waals surface area contributed by atoms with Crippen LogP contribution in [0.2, 0.25) is 0 Å². The summed E-state index contributed by atoms with van der Waals surface area (Å²) in [6.07, 6.45) is 5.06. The minimum atomic E-state index is 0. The molecule has 4 N–H and O–H groups in total. The zero-order valence-electron chi connectivity index (χ0n) is 6.66. The minimum Gasteiger partial charge on any atom is -0.330 e. The molecule has 0 aromatic heterocycles. The van der Waals surface area contributed by atoms with Crippen molar-refractivity contribution < 1.29 is 0 Å². The third kappa shape index (κ3) is 4.16. The van der Waals surface area contributed by atoms with E-state index in [0.29, 0.717) is 12.0 Å². The Morgan fingerprint density at radius 1 is 1.09 bits per heavy atom. The lowest BCUT2D eigenvalue weighted by atomic mass is 9.85. The molecular formula is C7H18Cl2N2. The van der Waals surface area contributed by atoms with Gasteiger partial charge in [0.05, 0.1) is 0 Å². The topological polar surface area (TPSA) is 52.0 Å². The monoisotopic (exact) mass is 200 g/mol. The van der Waals surface area contributed by atoms with Gasteiger partial charge in [-0.25, -0.2) is 0 Å². The third-order valence-electron chi connectivity index (χ3n) is 2.27. The van der Waals surface area contributed by atoms with Crippen molar-refractivity contribution in [1.29, 1.82) is 0 Å². The van der Waals surface area contributed by atoms with E-state index in [1.54, 1.807) is 0 Å². The second-order valence-electron chi connectivity index (χ2n) is 2.94. The predicted molar refractivity (Wildman–Crippen MR) is 53.5 cm³/mol. The number of halogens is 2. The Labute approximate surface area is 80.9 Å². The fourth-order valence-corrected chi connectivity index (χ4v) is 1.53. The standard InChI is InChI=1S/C7H16N2.2ClH/c8-5-6-3-1-2-4-7(6)9;;/h6-7H,1-5,8-9H2;2*1H/t6-,7-;;/m1../s1. The van der Waals surface area contributed by atoms with E-state index in [2.05, 4.69) is 0 Å². The van der Waals surface area contributed by atoms with Gasteiger partial charge in [-0.3, -0.25) is 0 Å². The second kappa shape index (κ2) is 7.17. The second-order valence-corrected chi connectivity index (χ2v) is 2.94. The minimum absolute atomic E-state index is 0. The molecule has 0 aromatic rings. The van der Waals surface area contributed by atoms with Crippen LogP contribution in [0.3, 0.4) is 0 Å². The zero-order chi connectivity index (χ0) is 6.69. The van der Waals surface area contributed by atoms with Crippen LogP contribution in [-0.4, -0.2) is 12.6 Å². The Morgan fingerprint density at radius 2 is 1.64 bits per heavy atom. The van der Waals surface area contributed by atoms with Gasteiger partial charge in [-0.15, -0.1) is 24.8 Å². The molecule has 1 fully saturated rings. The molecule has 70 valence electrons. The van der Waals surface area contributed by atoms with E-state index in [-0.39, 0.29) is 24.8 Å². The average molecular weight is 201 g/mol. The van der Waals surface area contributed by atoms with Crippen LogP contribution >= 0.6 is 24.8 Å². The molecule has 2 nitrogen and oxygen atoms in total. The molecule has 0 amide bonds. The molecule has 0 spiro atoms. The van der Waals surface area contributed by atoms with Crippen LogP contribution in [0.15, 0.2) is 0 Å². The van der Waals surface area contributed by atoms with Crippen molar-refractivity contribution in [2.24, 2.45) is 17.4 Å². The first-order valence-corrected chi connectivity index (χ1v) is 3.80. The van der Waals surface area contributed by atoms with Gasteiger partial charge in [0.15, 0.2) is 0 Å². The van der Waals surface area contributed by atoms with Gasteiger partial charge in [0.25, 0.3) is 0 Å². The zero-order valence-corrected chi connectivity index (χ0v) is 8.29. The van der Waals surface area contributed by atoms with Crippen molar-refractivity contribution in [2.75, 3.05) is 6.54 Å². The molecule has 1 rings (SSSR count). The van der Waals surface area contributed by atoms with Crippen molar-refractivity contribution in [3.05, 3.63) is 0 Å². The maximum atomic E-state index is 5.81. The first-order valence-electron chi connectivity index (χ1n) is 3.80. The van der Waals surface area contributed by atoms with E-state index in [1.165, 1.54) is 25.7 Å². The van der Waals surface area contributed by atoms with Crippen LogP contribution in [0, 0.1) is 5.92 Å². The van der Waals surface area contributed by atoms with Crippen LogP contribution < -0.4 is 11.5 Å². The van der Waals surface area contributed by atoms with E-state index in [4.69, 9.17) is 11.5 Å². The van der Waals surface area contributed by atoms with Crippen molar-refractivity contribution in [1.82, 2.24) is 0 Å². The molecule has 0 heterocycles. The third-order valence-corrected chi connectivity index (χ3v) is 2.27. The quantitative estimate of drug-likeness (QED) is 0.671. The molecule has 0 radical (unpaired) electrons. The lowest BCUT2D eigenvalue weighted by Crippen LogP contribution is -2.37. The Balaban J connectivity index is 0. The highest BCUT2D eigenvalue weighted by atomic mass is 35.5. The highest BCUT2D eigenvalue weighted by Crippen LogP contribution is 2.21. The SMILES string of the molecule is Cl.Cl.NC[C@H]1CCCC[C@H]1N. The summed E-state index contributed by atoms with van der Waals surface area (Å²) < 4.78 is 0. The Kier molecular flexibility index (Phi) is 9.15. The van der Waals surface area contributed by atoms with Gasteiger partial charge in [0.1, 0.15) is 0 Å². The average Bonchev–Trinajstić information content (AvgIpc) is 1.89. The summed E-state index contributed by atoms with van der Waals surface area (Å²) in [5, 5.41) is 0. The molecule has 0 unspecified atom stereocenters. The lowest BCUT2D eigenvalue weighted by Gasteiger charge is -2.26. The summed E-state index contributed by atoms with van der Waals surface area (Å²) in [7, 11) is 0. The predicted octanol–water partition coefficient (Wildman–Crippen LogP) is 1.31. The molecule has 1 aliphatic rings. The fourth-order valence-electron chi connectivity index (χ4n) is 1.53. The van der Waals surface area contributed by atoms with Gasteiger partial charge >= 0.3 is 0 Å². The van der Waals surface area contributed by atoms with Gasteiger partial charge in [0.2, 0.25) is 0 Å². The van der Waals surface area contributed by atoms with Gasteiger partial charge in [-0.05, 0) is 25.3 Å². The van der Waals surface area contributed by atoms with Gasteiger partial charge in [-0.1, -0.05) is 12.8 Å². The van der Waals surface area contributed by atoms with E-state index in [9.17, 15) is 0 Å². The molecule has 4 heteroatoms. The fraction of sp³-hybridized carbons (Fsp3) is 1.00. The summed E-state index contributed by atoms with van der Waals surface area (Å²) in [5.74, 6) is 0.610. The molecule has 0 bridgehead atoms. The number of hydrogen-bond acceptors (Lipinski definition) is 2.